The fraction of sp³-hybridized carbons (Fsp3) is 0.667. The molecule has 0 spiro atoms. The average Bonchev–Trinajstić information content (AvgIpc) is 3.08. The molecule has 2 saturated carbocycles. The van der Waals surface area contributed by atoms with Gasteiger partial charge in [0.15, 0.2) is 0 Å². The first-order valence-electron chi connectivity index (χ1n) is 7.60. The lowest BCUT2D eigenvalue weighted by Crippen LogP contribution is -2.32. The lowest BCUT2D eigenvalue weighted by atomic mass is 9.89. The van der Waals surface area contributed by atoms with Crippen LogP contribution in [0.4, 0.5) is 5.82 Å². The highest BCUT2D eigenvalue weighted by Gasteiger charge is 2.39. The van der Waals surface area contributed by atoms with Crippen molar-refractivity contribution in [1.82, 2.24) is 15.3 Å². The predicted molar refractivity (Wildman–Crippen MR) is 77.5 cm³/mol. The van der Waals surface area contributed by atoms with E-state index in [9.17, 15) is 4.79 Å². The van der Waals surface area contributed by atoms with Gasteiger partial charge >= 0.3 is 0 Å². The van der Waals surface area contributed by atoms with Gasteiger partial charge in [0.1, 0.15) is 11.5 Å². The van der Waals surface area contributed by atoms with Gasteiger partial charge in [-0.3, -0.25) is 9.78 Å². The predicted octanol–water partition coefficient (Wildman–Crippen LogP) is 2.07. The highest BCUT2D eigenvalue weighted by atomic mass is 16.1. The average molecular weight is 274 g/mol. The molecule has 3 rings (SSSR count). The van der Waals surface area contributed by atoms with Gasteiger partial charge in [-0.1, -0.05) is 6.42 Å². The number of nitrogens with one attached hydrogen (secondary N) is 2. The van der Waals surface area contributed by atoms with E-state index in [4.69, 9.17) is 0 Å². The van der Waals surface area contributed by atoms with Crippen molar-refractivity contribution in [2.45, 2.75) is 32.6 Å². The molecule has 0 aromatic carbocycles. The van der Waals surface area contributed by atoms with Crippen molar-refractivity contribution < 1.29 is 4.79 Å². The largest absolute Gasteiger partial charge is 0.369 e. The van der Waals surface area contributed by atoms with Crippen molar-refractivity contribution >= 4 is 11.7 Å². The first-order chi connectivity index (χ1) is 9.76. The van der Waals surface area contributed by atoms with Gasteiger partial charge in [0.25, 0.3) is 5.91 Å². The quantitative estimate of drug-likeness (QED) is 0.862. The normalized spacial score (nSPS) is 27.6. The van der Waals surface area contributed by atoms with Gasteiger partial charge in [-0.15, -0.1) is 0 Å². The third-order valence-electron chi connectivity index (χ3n) is 4.63. The van der Waals surface area contributed by atoms with Crippen LogP contribution < -0.4 is 10.6 Å². The zero-order chi connectivity index (χ0) is 13.9. The Kier molecular flexibility index (Phi) is 3.85. The van der Waals surface area contributed by atoms with Crippen LogP contribution in [-0.2, 0) is 0 Å². The number of fused-ring (bicyclic) bond motifs is 2. The minimum absolute atomic E-state index is 0.111. The third kappa shape index (κ3) is 2.76. The minimum Gasteiger partial charge on any atom is -0.369 e. The zero-order valence-corrected chi connectivity index (χ0v) is 11.9. The number of aromatic nitrogens is 2. The molecule has 2 fully saturated rings. The summed E-state index contributed by atoms with van der Waals surface area (Å²) in [5.41, 5.74) is 0.395. The Morgan fingerprint density at radius 3 is 2.95 bits per heavy atom. The Hall–Kier alpha value is -1.65. The van der Waals surface area contributed by atoms with Crippen LogP contribution in [0.2, 0.25) is 0 Å². The first-order valence-corrected chi connectivity index (χ1v) is 7.60. The molecule has 1 heterocycles. The molecule has 2 N–H and O–H groups in total. The van der Waals surface area contributed by atoms with Crippen molar-refractivity contribution in [2.75, 3.05) is 18.4 Å². The molecular formula is C15H22N4O. The van der Waals surface area contributed by atoms with Gasteiger partial charge in [-0.05, 0) is 43.9 Å². The Labute approximate surface area is 119 Å². The van der Waals surface area contributed by atoms with E-state index in [1.165, 1.54) is 31.9 Å². The van der Waals surface area contributed by atoms with E-state index in [0.717, 1.165) is 24.9 Å². The highest BCUT2D eigenvalue weighted by Crippen LogP contribution is 2.47. The van der Waals surface area contributed by atoms with Crippen LogP contribution in [-0.4, -0.2) is 29.0 Å². The van der Waals surface area contributed by atoms with Crippen LogP contribution >= 0.6 is 0 Å². The van der Waals surface area contributed by atoms with E-state index in [2.05, 4.69) is 20.6 Å². The summed E-state index contributed by atoms with van der Waals surface area (Å²) in [6.45, 7) is 3.54. The SMILES string of the molecule is CCNc1cncc(C(=O)NCC2CC3CCC2C3)n1. The van der Waals surface area contributed by atoms with Gasteiger partial charge in [0.05, 0.1) is 12.4 Å². The van der Waals surface area contributed by atoms with Gasteiger partial charge in [-0.2, -0.15) is 0 Å². The number of carbonyl (C=O) groups excluding carboxylic acids is 1. The summed E-state index contributed by atoms with van der Waals surface area (Å²) in [5.74, 6) is 2.96. The fourth-order valence-electron chi connectivity index (χ4n) is 3.68. The molecule has 3 atom stereocenters. The van der Waals surface area contributed by atoms with Crippen molar-refractivity contribution in [1.29, 1.82) is 0 Å². The Bertz CT molecular complexity index is 491. The van der Waals surface area contributed by atoms with E-state index in [0.29, 0.717) is 17.4 Å². The zero-order valence-electron chi connectivity index (χ0n) is 11.9. The third-order valence-corrected chi connectivity index (χ3v) is 4.63. The Balaban J connectivity index is 1.55. The van der Waals surface area contributed by atoms with E-state index in [1.807, 2.05) is 6.92 Å². The van der Waals surface area contributed by atoms with E-state index >= 15 is 0 Å². The highest BCUT2D eigenvalue weighted by molar-refractivity contribution is 5.92. The first kappa shape index (κ1) is 13.3. The monoisotopic (exact) mass is 274 g/mol. The van der Waals surface area contributed by atoms with E-state index in [-0.39, 0.29) is 5.91 Å². The fourth-order valence-corrected chi connectivity index (χ4v) is 3.68. The van der Waals surface area contributed by atoms with Crippen LogP contribution in [0.25, 0.3) is 0 Å². The standard InChI is InChI=1S/C15H22N4O/c1-2-17-14-9-16-8-13(19-14)15(20)18-7-12-6-10-3-4-11(12)5-10/h8-12H,2-7H2,1H3,(H,17,19)(H,18,20). The van der Waals surface area contributed by atoms with Gasteiger partial charge in [0.2, 0.25) is 0 Å². The van der Waals surface area contributed by atoms with Crippen LogP contribution in [0, 0.1) is 17.8 Å². The molecule has 3 unspecified atom stereocenters. The molecule has 2 aliphatic rings. The van der Waals surface area contributed by atoms with Crippen molar-refractivity contribution in [3.05, 3.63) is 18.1 Å². The van der Waals surface area contributed by atoms with Gasteiger partial charge in [-0.25, -0.2) is 4.98 Å². The van der Waals surface area contributed by atoms with E-state index in [1.54, 1.807) is 6.20 Å². The second-order valence-electron chi connectivity index (χ2n) is 5.96. The summed E-state index contributed by atoms with van der Waals surface area (Å²) in [5, 5.41) is 6.09. The molecule has 20 heavy (non-hydrogen) atoms. The summed E-state index contributed by atoms with van der Waals surface area (Å²) >= 11 is 0. The molecule has 2 aliphatic carbocycles. The Morgan fingerprint density at radius 2 is 2.25 bits per heavy atom. The lowest BCUT2D eigenvalue weighted by Gasteiger charge is -2.21. The summed E-state index contributed by atoms with van der Waals surface area (Å²) in [6.07, 6.45) is 8.56. The molecule has 0 saturated heterocycles. The summed E-state index contributed by atoms with van der Waals surface area (Å²) in [7, 11) is 0. The molecule has 0 aliphatic heterocycles. The molecule has 1 amide bonds. The second kappa shape index (κ2) is 5.77. The van der Waals surface area contributed by atoms with Crippen LogP contribution in [0.15, 0.2) is 12.4 Å². The maximum atomic E-state index is 12.1. The maximum absolute atomic E-state index is 12.1. The second-order valence-corrected chi connectivity index (χ2v) is 5.96. The Morgan fingerprint density at radius 1 is 1.35 bits per heavy atom. The molecule has 5 heteroatoms. The smallest absolute Gasteiger partial charge is 0.271 e. The van der Waals surface area contributed by atoms with Crippen LogP contribution in [0.5, 0.6) is 0 Å². The number of hydrogen-bond acceptors (Lipinski definition) is 4. The molecule has 5 nitrogen and oxygen atoms in total. The molecule has 1 aromatic rings. The number of nitrogens with zero attached hydrogens (tertiary/aromatic N) is 2. The molecule has 2 bridgehead atoms. The molecule has 108 valence electrons. The molecular weight excluding hydrogens is 252 g/mol. The number of hydrogen-bond donors (Lipinski definition) is 2. The van der Waals surface area contributed by atoms with Crippen LogP contribution in [0.3, 0.4) is 0 Å². The maximum Gasteiger partial charge on any atom is 0.271 e. The van der Waals surface area contributed by atoms with E-state index < -0.39 is 0 Å². The minimum atomic E-state index is -0.111. The number of amides is 1. The lowest BCUT2D eigenvalue weighted by molar-refractivity contribution is 0.0936. The number of rotatable bonds is 5. The van der Waals surface area contributed by atoms with Gasteiger partial charge < -0.3 is 10.6 Å². The summed E-state index contributed by atoms with van der Waals surface area (Å²) < 4.78 is 0. The number of carbonyl (C=O) groups is 1. The van der Waals surface area contributed by atoms with Crippen molar-refractivity contribution in [3.63, 3.8) is 0 Å². The molecule has 1 aromatic heterocycles. The summed E-state index contributed by atoms with van der Waals surface area (Å²) in [6, 6.07) is 0. The number of anilines is 1. The van der Waals surface area contributed by atoms with Gasteiger partial charge in [0, 0.05) is 13.1 Å². The topological polar surface area (TPSA) is 66.9 Å². The summed E-state index contributed by atoms with van der Waals surface area (Å²) in [4.78, 5) is 20.4. The van der Waals surface area contributed by atoms with Crippen LogP contribution in [0.1, 0.15) is 43.1 Å². The van der Waals surface area contributed by atoms with Crippen molar-refractivity contribution in [3.8, 4) is 0 Å². The molecule has 0 radical (unpaired) electrons. The van der Waals surface area contributed by atoms with Crippen molar-refractivity contribution in [2.24, 2.45) is 17.8 Å².